The van der Waals surface area contributed by atoms with Crippen LogP contribution in [0, 0.1) is 5.92 Å². The molecule has 1 aliphatic carbocycles. The monoisotopic (exact) mass is 321 g/mol. The van der Waals surface area contributed by atoms with E-state index in [1.54, 1.807) is 0 Å². The topological polar surface area (TPSA) is 29.4 Å². The Bertz CT molecular complexity index is 569. The minimum Gasteiger partial charge on any atom is -0.293 e. The highest BCUT2D eigenvalue weighted by molar-refractivity contribution is 14.1. The quantitative estimate of drug-likeness (QED) is 0.673. The highest BCUT2D eigenvalue weighted by atomic mass is 127. The van der Waals surface area contributed by atoms with Crippen LogP contribution in [0.4, 0.5) is 5.69 Å². The number of allylic oxidation sites excluding steroid dienone is 4. The molecule has 2 aliphatic rings. The molecule has 3 heteroatoms. The zero-order valence-corrected chi connectivity index (χ0v) is 10.5. The number of benzene rings is 1. The van der Waals surface area contributed by atoms with Crippen LogP contribution in [-0.2, 0) is 0 Å². The molecule has 1 aromatic rings. The Balaban J connectivity index is 2.20. The fraction of sp³-hybridized carbons (Fsp3) is 0.0769. The molecule has 0 radical (unpaired) electrons. The second-order valence-corrected chi connectivity index (χ2v) is 5.03. The number of hydrogen-bond acceptors (Lipinski definition) is 2. The smallest absolute Gasteiger partial charge is 0.177 e. The summed E-state index contributed by atoms with van der Waals surface area (Å²) in [6, 6.07) is 7.51. The van der Waals surface area contributed by atoms with Crippen molar-refractivity contribution in [1.82, 2.24) is 0 Å². The van der Waals surface area contributed by atoms with E-state index in [0.717, 1.165) is 20.5 Å². The van der Waals surface area contributed by atoms with Gasteiger partial charge >= 0.3 is 0 Å². The predicted molar refractivity (Wildman–Crippen MR) is 72.6 cm³/mol. The maximum absolute atomic E-state index is 12.2. The molecule has 0 N–H and O–H groups in total. The van der Waals surface area contributed by atoms with Crippen LogP contribution in [0.3, 0.4) is 0 Å². The van der Waals surface area contributed by atoms with Gasteiger partial charge < -0.3 is 0 Å². The molecule has 0 bridgehead atoms. The van der Waals surface area contributed by atoms with Crippen LogP contribution in [0.25, 0.3) is 0 Å². The fourth-order valence-corrected chi connectivity index (χ4v) is 2.51. The lowest BCUT2D eigenvalue weighted by Gasteiger charge is -2.21. The standard InChI is InChI=1S/C13H8INO/c14-8-5-6-12-10(7-8)13(16)9-3-1-2-4-11(9)15-12/h1-7,10H. The van der Waals surface area contributed by atoms with Crippen molar-refractivity contribution in [1.29, 1.82) is 0 Å². The zero-order valence-electron chi connectivity index (χ0n) is 8.35. The van der Waals surface area contributed by atoms with Gasteiger partial charge in [-0.3, -0.25) is 9.79 Å². The second-order valence-electron chi connectivity index (χ2n) is 3.78. The average molecular weight is 321 g/mol. The molecule has 1 atom stereocenters. The Hall–Kier alpha value is -1.23. The summed E-state index contributed by atoms with van der Waals surface area (Å²) in [7, 11) is 0. The molecule has 1 heterocycles. The van der Waals surface area contributed by atoms with Crippen molar-refractivity contribution in [2.75, 3.05) is 0 Å². The van der Waals surface area contributed by atoms with Crippen LogP contribution in [0.2, 0.25) is 0 Å². The lowest BCUT2D eigenvalue weighted by Crippen LogP contribution is -2.26. The molecule has 0 fully saturated rings. The summed E-state index contributed by atoms with van der Waals surface area (Å²) in [6.07, 6.45) is 5.88. The van der Waals surface area contributed by atoms with Gasteiger partial charge in [0.1, 0.15) is 0 Å². The predicted octanol–water partition coefficient (Wildman–Crippen LogP) is 3.46. The van der Waals surface area contributed by atoms with Crippen LogP contribution in [-0.4, -0.2) is 11.5 Å². The first-order valence-corrected chi connectivity index (χ1v) is 6.11. The van der Waals surface area contributed by atoms with E-state index in [9.17, 15) is 4.79 Å². The molecule has 1 aromatic carbocycles. The van der Waals surface area contributed by atoms with Gasteiger partial charge in [0.2, 0.25) is 0 Å². The summed E-state index contributed by atoms with van der Waals surface area (Å²) in [6.45, 7) is 0. The number of carbonyl (C=O) groups excluding carboxylic acids is 1. The highest BCUT2D eigenvalue weighted by Gasteiger charge is 2.29. The van der Waals surface area contributed by atoms with Crippen LogP contribution in [0.15, 0.2) is 51.1 Å². The summed E-state index contributed by atoms with van der Waals surface area (Å²) in [5, 5.41) is 0. The number of ketones is 1. The van der Waals surface area contributed by atoms with Gasteiger partial charge in [-0.15, -0.1) is 0 Å². The largest absolute Gasteiger partial charge is 0.293 e. The number of hydrogen-bond donors (Lipinski definition) is 0. The number of halogens is 1. The number of nitrogens with zero attached hydrogens (tertiary/aromatic N) is 1. The fourth-order valence-electron chi connectivity index (χ4n) is 1.97. The molecule has 2 nitrogen and oxygen atoms in total. The lowest BCUT2D eigenvalue weighted by atomic mass is 9.87. The van der Waals surface area contributed by atoms with Crippen molar-refractivity contribution in [2.45, 2.75) is 0 Å². The zero-order chi connectivity index (χ0) is 11.1. The number of carbonyl (C=O) groups is 1. The van der Waals surface area contributed by atoms with Crippen molar-refractivity contribution in [3.05, 3.63) is 51.6 Å². The summed E-state index contributed by atoms with van der Waals surface area (Å²) in [5.41, 5.74) is 2.37. The van der Waals surface area contributed by atoms with Crippen LogP contribution >= 0.6 is 22.6 Å². The Morgan fingerprint density at radius 1 is 1.19 bits per heavy atom. The third-order valence-electron chi connectivity index (χ3n) is 2.76. The van der Waals surface area contributed by atoms with Gasteiger partial charge in [0.25, 0.3) is 0 Å². The van der Waals surface area contributed by atoms with Gasteiger partial charge in [0.05, 0.1) is 17.3 Å². The Labute approximate surface area is 107 Å². The number of fused-ring (bicyclic) bond motifs is 2. The molecule has 0 amide bonds. The van der Waals surface area contributed by atoms with Crippen molar-refractivity contribution >= 4 is 39.8 Å². The van der Waals surface area contributed by atoms with E-state index in [4.69, 9.17) is 0 Å². The molecule has 78 valence electrons. The number of aliphatic imine (C=N–C) groups is 1. The molecule has 0 saturated heterocycles. The van der Waals surface area contributed by atoms with Gasteiger partial charge in [-0.2, -0.15) is 0 Å². The maximum atomic E-state index is 12.2. The van der Waals surface area contributed by atoms with Crippen LogP contribution in [0.1, 0.15) is 10.4 Å². The van der Waals surface area contributed by atoms with Gasteiger partial charge in [0.15, 0.2) is 5.78 Å². The molecule has 0 aromatic heterocycles. The Morgan fingerprint density at radius 2 is 2.00 bits per heavy atom. The Kier molecular flexibility index (Phi) is 2.28. The molecule has 0 spiro atoms. The van der Waals surface area contributed by atoms with Gasteiger partial charge in [-0.25, -0.2) is 0 Å². The van der Waals surface area contributed by atoms with Crippen molar-refractivity contribution in [3.8, 4) is 0 Å². The van der Waals surface area contributed by atoms with Gasteiger partial charge in [-0.1, -0.05) is 18.2 Å². The van der Waals surface area contributed by atoms with Crippen LogP contribution < -0.4 is 0 Å². The maximum Gasteiger partial charge on any atom is 0.177 e. The van der Waals surface area contributed by atoms with Gasteiger partial charge in [0, 0.05) is 9.14 Å². The SMILES string of the molecule is O=C1c2ccccc2N=C2C=CC(I)=CC12. The molecule has 1 unspecified atom stereocenters. The third-order valence-corrected chi connectivity index (χ3v) is 3.48. The Morgan fingerprint density at radius 3 is 2.88 bits per heavy atom. The lowest BCUT2D eigenvalue weighted by molar-refractivity contribution is 0.0971. The van der Waals surface area contributed by atoms with E-state index >= 15 is 0 Å². The number of rotatable bonds is 0. The summed E-state index contributed by atoms with van der Waals surface area (Å²) < 4.78 is 1.09. The summed E-state index contributed by atoms with van der Waals surface area (Å²) >= 11 is 2.22. The first-order valence-electron chi connectivity index (χ1n) is 5.03. The van der Waals surface area contributed by atoms with E-state index in [1.807, 2.05) is 42.5 Å². The van der Waals surface area contributed by atoms with E-state index in [1.165, 1.54) is 0 Å². The number of para-hydroxylation sites is 1. The molecular formula is C13H8INO. The molecule has 0 saturated carbocycles. The summed E-state index contributed by atoms with van der Waals surface area (Å²) in [4.78, 5) is 16.7. The van der Waals surface area contributed by atoms with E-state index in [2.05, 4.69) is 27.6 Å². The molecule has 16 heavy (non-hydrogen) atoms. The van der Waals surface area contributed by atoms with Crippen molar-refractivity contribution in [3.63, 3.8) is 0 Å². The van der Waals surface area contributed by atoms with Crippen molar-refractivity contribution < 1.29 is 4.79 Å². The van der Waals surface area contributed by atoms with E-state index in [0.29, 0.717) is 0 Å². The molecule has 1 aliphatic heterocycles. The summed E-state index contributed by atoms with van der Waals surface area (Å²) in [5.74, 6) is -0.0362. The first-order chi connectivity index (χ1) is 7.75. The minimum atomic E-state index is -0.188. The highest BCUT2D eigenvalue weighted by Crippen LogP contribution is 2.32. The molecular weight excluding hydrogens is 313 g/mol. The second kappa shape index (κ2) is 3.66. The van der Waals surface area contributed by atoms with E-state index < -0.39 is 0 Å². The molecule has 3 rings (SSSR count). The minimum absolute atomic E-state index is 0.152. The normalized spacial score (nSPS) is 22.1. The number of Topliss-reactive ketones (excluding diaryl/α,β-unsaturated/α-hetero) is 1. The first kappa shape index (κ1) is 9.96. The average Bonchev–Trinajstić information content (AvgIpc) is 2.31. The van der Waals surface area contributed by atoms with Crippen LogP contribution in [0.5, 0.6) is 0 Å². The van der Waals surface area contributed by atoms with Gasteiger partial charge in [-0.05, 0) is 46.9 Å². The third kappa shape index (κ3) is 1.46. The van der Waals surface area contributed by atoms with Crippen molar-refractivity contribution in [2.24, 2.45) is 10.9 Å². The van der Waals surface area contributed by atoms with E-state index in [-0.39, 0.29) is 11.7 Å².